The van der Waals surface area contributed by atoms with Crippen molar-refractivity contribution in [3.05, 3.63) is 53.5 Å². The molecule has 0 fully saturated rings. The van der Waals surface area contributed by atoms with Crippen molar-refractivity contribution in [3.8, 4) is 11.3 Å². The van der Waals surface area contributed by atoms with Crippen LogP contribution in [0.2, 0.25) is 0 Å². The summed E-state index contributed by atoms with van der Waals surface area (Å²) in [4.78, 5) is 4.46. The first-order valence-electron chi connectivity index (χ1n) is 6.24. The Morgan fingerprint density at radius 1 is 1.30 bits per heavy atom. The van der Waals surface area contributed by atoms with Crippen LogP contribution in [0.3, 0.4) is 0 Å². The lowest BCUT2D eigenvalue weighted by Crippen LogP contribution is -1.96. The molecule has 0 bridgehead atoms. The molecule has 0 spiro atoms. The van der Waals surface area contributed by atoms with E-state index in [0.29, 0.717) is 22.7 Å². The van der Waals surface area contributed by atoms with E-state index in [4.69, 9.17) is 10.8 Å². The maximum Gasteiger partial charge on any atom is 0.139 e. The number of imidazole rings is 1. The maximum absolute atomic E-state index is 13.3. The van der Waals surface area contributed by atoms with Gasteiger partial charge in [-0.2, -0.15) is 0 Å². The van der Waals surface area contributed by atoms with E-state index in [1.165, 1.54) is 6.07 Å². The lowest BCUT2D eigenvalue weighted by molar-refractivity contribution is 0.281. The number of nitrogens with two attached hydrogens (primary N) is 1. The molecule has 0 aliphatic heterocycles. The summed E-state index contributed by atoms with van der Waals surface area (Å²) in [6.45, 7) is 1.65. The molecule has 2 heterocycles. The number of anilines is 1. The van der Waals surface area contributed by atoms with E-state index >= 15 is 0 Å². The summed E-state index contributed by atoms with van der Waals surface area (Å²) < 4.78 is 15.1. The number of halogens is 1. The first-order valence-corrected chi connectivity index (χ1v) is 6.24. The minimum Gasteiger partial charge on any atom is -0.392 e. The standard InChI is InChI=1S/C15H14FN3O/c1-9-6-11(3-4-12(9)16)14-15(17)19-7-10(8-20)2-5-13(19)18-14/h2-7,20H,8,17H2,1H3. The number of rotatable bonds is 2. The summed E-state index contributed by atoms with van der Waals surface area (Å²) in [5, 5.41) is 9.16. The van der Waals surface area contributed by atoms with Gasteiger partial charge >= 0.3 is 0 Å². The first-order chi connectivity index (χ1) is 9.60. The largest absolute Gasteiger partial charge is 0.392 e. The molecule has 0 aliphatic carbocycles. The molecule has 0 aliphatic rings. The number of hydrogen-bond acceptors (Lipinski definition) is 3. The molecule has 0 radical (unpaired) electrons. The molecule has 3 rings (SSSR count). The summed E-state index contributed by atoms with van der Waals surface area (Å²) >= 11 is 0. The Hall–Kier alpha value is -2.40. The van der Waals surface area contributed by atoms with Crippen molar-refractivity contribution in [1.29, 1.82) is 0 Å². The summed E-state index contributed by atoms with van der Waals surface area (Å²) in [5.74, 6) is 0.222. The number of benzene rings is 1. The number of pyridine rings is 1. The van der Waals surface area contributed by atoms with E-state index < -0.39 is 0 Å². The molecule has 3 aromatic rings. The lowest BCUT2D eigenvalue weighted by atomic mass is 10.1. The molecule has 0 saturated carbocycles. The van der Waals surface area contributed by atoms with Gasteiger partial charge in [0, 0.05) is 11.8 Å². The van der Waals surface area contributed by atoms with E-state index in [9.17, 15) is 4.39 Å². The van der Waals surface area contributed by atoms with Gasteiger partial charge in [-0.25, -0.2) is 9.37 Å². The van der Waals surface area contributed by atoms with Gasteiger partial charge in [0.2, 0.25) is 0 Å². The fraction of sp³-hybridized carbons (Fsp3) is 0.133. The molecule has 0 atom stereocenters. The molecular formula is C15H14FN3O. The van der Waals surface area contributed by atoms with Gasteiger partial charge in [0.15, 0.2) is 0 Å². The zero-order valence-electron chi connectivity index (χ0n) is 11.0. The number of fused-ring (bicyclic) bond motifs is 1. The minimum absolute atomic E-state index is 0.0570. The molecule has 3 N–H and O–H groups in total. The highest BCUT2D eigenvalue weighted by molar-refractivity contribution is 5.75. The zero-order valence-corrected chi connectivity index (χ0v) is 11.0. The Morgan fingerprint density at radius 2 is 2.10 bits per heavy atom. The van der Waals surface area contributed by atoms with Crippen LogP contribution in [0.5, 0.6) is 0 Å². The van der Waals surface area contributed by atoms with Crippen LogP contribution in [0.4, 0.5) is 10.2 Å². The second kappa shape index (κ2) is 4.61. The van der Waals surface area contributed by atoms with Crippen molar-refractivity contribution >= 4 is 11.5 Å². The quantitative estimate of drug-likeness (QED) is 0.752. The molecule has 4 nitrogen and oxygen atoms in total. The average Bonchev–Trinajstić information content (AvgIpc) is 2.79. The average molecular weight is 271 g/mol. The Kier molecular flexibility index (Phi) is 2.91. The molecule has 2 aromatic heterocycles. The van der Waals surface area contributed by atoms with Crippen molar-refractivity contribution in [2.75, 3.05) is 5.73 Å². The van der Waals surface area contributed by atoms with Gasteiger partial charge in [0.1, 0.15) is 23.0 Å². The van der Waals surface area contributed by atoms with Crippen LogP contribution in [0, 0.1) is 12.7 Å². The molecular weight excluding hydrogens is 257 g/mol. The van der Waals surface area contributed by atoms with Crippen LogP contribution in [0.1, 0.15) is 11.1 Å². The summed E-state index contributed by atoms with van der Waals surface area (Å²) in [7, 11) is 0. The molecule has 0 amide bonds. The van der Waals surface area contributed by atoms with Crippen molar-refractivity contribution in [3.63, 3.8) is 0 Å². The van der Waals surface area contributed by atoms with Crippen LogP contribution in [-0.2, 0) is 6.61 Å². The zero-order chi connectivity index (χ0) is 14.3. The monoisotopic (exact) mass is 271 g/mol. The van der Waals surface area contributed by atoms with E-state index in [1.807, 2.05) is 0 Å². The Bertz CT molecular complexity index is 795. The van der Waals surface area contributed by atoms with E-state index in [0.717, 1.165) is 11.1 Å². The third-order valence-corrected chi connectivity index (χ3v) is 3.33. The number of aromatic nitrogens is 2. The number of hydrogen-bond donors (Lipinski definition) is 2. The van der Waals surface area contributed by atoms with Crippen molar-refractivity contribution in [2.24, 2.45) is 0 Å². The highest BCUT2D eigenvalue weighted by Crippen LogP contribution is 2.28. The Balaban J connectivity index is 2.21. The van der Waals surface area contributed by atoms with Gasteiger partial charge in [-0.15, -0.1) is 0 Å². The molecule has 0 saturated heterocycles. The maximum atomic E-state index is 13.3. The highest BCUT2D eigenvalue weighted by Gasteiger charge is 2.12. The van der Waals surface area contributed by atoms with Crippen molar-refractivity contribution in [2.45, 2.75) is 13.5 Å². The number of aliphatic hydroxyl groups is 1. The second-order valence-corrected chi connectivity index (χ2v) is 4.73. The molecule has 5 heteroatoms. The van der Waals surface area contributed by atoms with Crippen LogP contribution >= 0.6 is 0 Å². The van der Waals surface area contributed by atoms with Gasteiger partial charge < -0.3 is 10.8 Å². The van der Waals surface area contributed by atoms with E-state index in [-0.39, 0.29) is 12.4 Å². The normalized spacial score (nSPS) is 11.2. The summed E-state index contributed by atoms with van der Waals surface area (Å²) in [6.07, 6.45) is 1.75. The predicted molar refractivity (Wildman–Crippen MR) is 75.7 cm³/mol. The van der Waals surface area contributed by atoms with Gasteiger partial charge in [-0.05, 0) is 42.3 Å². The van der Waals surface area contributed by atoms with E-state index in [2.05, 4.69) is 4.98 Å². The summed E-state index contributed by atoms with van der Waals surface area (Å²) in [6, 6.07) is 8.38. The number of nitrogens with zero attached hydrogens (tertiary/aromatic N) is 2. The van der Waals surface area contributed by atoms with Gasteiger partial charge in [0.25, 0.3) is 0 Å². The second-order valence-electron chi connectivity index (χ2n) is 4.73. The fourth-order valence-electron chi connectivity index (χ4n) is 2.20. The number of aliphatic hydroxyl groups excluding tert-OH is 1. The Labute approximate surface area is 115 Å². The smallest absolute Gasteiger partial charge is 0.139 e. The topological polar surface area (TPSA) is 63.5 Å². The van der Waals surface area contributed by atoms with Gasteiger partial charge in [-0.3, -0.25) is 4.40 Å². The van der Waals surface area contributed by atoms with Gasteiger partial charge in [-0.1, -0.05) is 6.07 Å². The van der Waals surface area contributed by atoms with Gasteiger partial charge in [0.05, 0.1) is 6.61 Å². The number of aryl methyl sites for hydroxylation is 1. The lowest BCUT2D eigenvalue weighted by Gasteiger charge is -2.02. The fourth-order valence-corrected chi connectivity index (χ4v) is 2.20. The molecule has 102 valence electrons. The Morgan fingerprint density at radius 3 is 2.80 bits per heavy atom. The predicted octanol–water partition coefficient (Wildman–Crippen LogP) is 2.52. The van der Waals surface area contributed by atoms with Crippen LogP contribution in [-0.4, -0.2) is 14.5 Å². The molecule has 0 unspecified atom stereocenters. The van der Waals surface area contributed by atoms with Crippen molar-refractivity contribution < 1.29 is 9.50 Å². The van der Waals surface area contributed by atoms with Crippen molar-refractivity contribution in [1.82, 2.24) is 9.38 Å². The highest BCUT2D eigenvalue weighted by atomic mass is 19.1. The molecule has 1 aromatic carbocycles. The SMILES string of the molecule is Cc1cc(-c2nc3ccc(CO)cn3c2N)ccc1F. The summed E-state index contributed by atoms with van der Waals surface area (Å²) in [5.41, 5.74) is 9.49. The molecule has 20 heavy (non-hydrogen) atoms. The van der Waals surface area contributed by atoms with Crippen LogP contribution < -0.4 is 5.73 Å². The van der Waals surface area contributed by atoms with E-state index in [1.54, 1.807) is 41.8 Å². The third-order valence-electron chi connectivity index (χ3n) is 3.33. The minimum atomic E-state index is -0.251. The van der Waals surface area contributed by atoms with Crippen LogP contribution in [0.25, 0.3) is 16.9 Å². The third kappa shape index (κ3) is 1.92. The van der Waals surface area contributed by atoms with Crippen LogP contribution in [0.15, 0.2) is 36.5 Å². The first kappa shape index (κ1) is 12.6. The number of nitrogen functional groups attached to an aromatic ring is 1.